The smallest absolute Gasteiger partial charge is 0.150 e. The van der Waals surface area contributed by atoms with Crippen LogP contribution < -0.4 is 11.1 Å². The largest absolute Gasteiger partial charge is 0.382 e. The summed E-state index contributed by atoms with van der Waals surface area (Å²) >= 11 is 12.1. The molecule has 1 aromatic heterocycles. The lowest BCUT2D eigenvalue weighted by atomic mass is 10.1. The first kappa shape index (κ1) is 12.5. The maximum absolute atomic E-state index is 6.09. The van der Waals surface area contributed by atoms with Crippen LogP contribution in [0.1, 0.15) is 23.6 Å². The summed E-state index contributed by atoms with van der Waals surface area (Å²) in [6.07, 6.45) is 3.38. The Balaban J connectivity index is 1.89. The van der Waals surface area contributed by atoms with Crippen molar-refractivity contribution in [1.29, 1.82) is 0 Å². The normalized spacial score (nSPS) is 17.3. The molecule has 1 aliphatic carbocycles. The Morgan fingerprint density at radius 1 is 1.26 bits per heavy atom. The topological polar surface area (TPSA) is 63.8 Å². The van der Waals surface area contributed by atoms with Crippen molar-refractivity contribution in [3.63, 3.8) is 0 Å². The number of halogens is 2. The number of hydrogen-bond acceptors (Lipinski definition) is 4. The van der Waals surface area contributed by atoms with Crippen molar-refractivity contribution in [3.8, 4) is 0 Å². The third kappa shape index (κ3) is 2.33. The SMILES string of the molecule is Nc1ncnc(NC2CCc3cc(Cl)ccc32)c1Cl. The summed E-state index contributed by atoms with van der Waals surface area (Å²) in [5.41, 5.74) is 8.17. The van der Waals surface area contributed by atoms with E-state index in [-0.39, 0.29) is 11.9 Å². The van der Waals surface area contributed by atoms with Gasteiger partial charge in [0.2, 0.25) is 0 Å². The van der Waals surface area contributed by atoms with E-state index in [9.17, 15) is 0 Å². The Bertz CT molecular complexity index is 630. The molecule has 98 valence electrons. The predicted octanol–water partition coefficient (Wildman–Crippen LogP) is 3.47. The summed E-state index contributed by atoms with van der Waals surface area (Å²) in [6, 6.07) is 6.13. The Morgan fingerprint density at radius 3 is 2.95 bits per heavy atom. The fraction of sp³-hybridized carbons (Fsp3) is 0.231. The van der Waals surface area contributed by atoms with Gasteiger partial charge in [0, 0.05) is 5.02 Å². The number of rotatable bonds is 2. The van der Waals surface area contributed by atoms with E-state index >= 15 is 0 Å². The number of nitrogens with zero attached hydrogens (tertiary/aromatic N) is 2. The van der Waals surface area contributed by atoms with Gasteiger partial charge >= 0.3 is 0 Å². The molecular formula is C13H12Cl2N4. The van der Waals surface area contributed by atoms with Gasteiger partial charge in [0.05, 0.1) is 6.04 Å². The summed E-state index contributed by atoms with van der Waals surface area (Å²) < 4.78 is 0. The molecule has 0 fully saturated rings. The number of nitrogen functional groups attached to an aromatic ring is 1. The molecule has 2 aromatic rings. The van der Waals surface area contributed by atoms with Gasteiger partial charge < -0.3 is 11.1 Å². The summed E-state index contributed by atoms with van der Waals surface area (Å²) in [6.45, 7) is 0. The van der Waals surface area contributed by atoms with Gasteiger partial charge in [0.25, 0.3) is 0 Å². The molecule has 0 saturated heterocycles. The number of hydrogen-bond donors (Lipinski definition) is 2. The highest BCUT2D eigenvalue weighted by molar-refractivity contribution is 6.35. The zero-order chi connectivity index (χ0) is 13.4. The zero-order valence-corrected chi connectivity index (χ0v) is 11.5. The van der Waals surface area contributed by atoms with Gasteiger partial charge in [-0.05, 0) is 36.1 Å². The van der Waals surface area contributed by atoms with Gasteiger partial charge in [-0.15, -0.1) is 0 Å². The molecule has 0 bridgehead atoms. The molecule has 0 amide bonds. The van der Waals surface area contributed by atoms with Gasteiger partial charge in [-0.1, -0.05) is 29.3 Å². The van der Waals surface area contributed by atoms with E-state index in [1.807, 2.05) is 18.2 Å². The van der Waals surface area contributed by atoms with Crippen LogP contribution in [0, 0.1) is 0 Å². The first-order valence-electron chi connectivity index (χ1n) is 5.96. The molecule has 6 heteroatoms. The van der Waals surface area contributed by atoms with E-state index in [4.69, 9.17) is 28.9 Å². The number of nitrogens with one attached hydrogen (secondary N) is 1. The van der Waals surface area contributed by atoms with Gasteiger partial charge in [0.1, 0.15) is 17.2 Å². The van der Waals surface area contributed by atoms with E-state index in [0.717, 1.165) is 17.9 Å². The van der Waals surface area contributed by atoms with Crippen LogP contribution in [-0.2, 0) is 6.42 Å². The third-order valence-corrected chi connectivity index (χ3v) is 3.92. The van der Waals surface area contributed by atoms with Crippen molar-refractivity contribution < 1.29 is 0 Å². The first-order chi connectivity index (χ1) is 9.15. The van der Waals surface area contributed by atoms with Crippen molar-refractivity contribution in [2.75, 3.05) is 11.1 Å². The van der Waals surface area contributed by atoms with Crippen LogP contribution in [0.2, 0.25) is 10.0 Å². The second-order valence-corrected chi connectivity index (χ2v) is 5.31. The van der Waals surface area contributed by atoms with Crippen LogP contribution in [0.3, 0.4) is 0 Å². The summed E-state index contributed by atoms with van der Waals surface area (Å²) in [4.78, 5) is 7.98. The fourth-order valence-electron chi connectivity index (χ4n) is 2.39. The molecule has 0 spiro atoms. The average molecular weight is 295 g/mol. The summed E-state index contributed by atoms with van der Waals surface area (Å²) in [7, 11) is 0. The van der Waals surface area contributed by atoms with Crippen molar-refractivity contribution >= 4 is 34.8 Å². The standard InChI is InChI=1S/C13H12Cl2N4/c14-8-2-3-9-7(5-8)1-4-10(9)19-13-11(15)12(16)17-6-18-13/h2-3,5-6,10H,1,4H2,(H3,16,17,18,19). The van der Waals surface area contributed by atoms with Crippen molar-refractivity contribution in [2.24, 2.45) is 0 Å². The number of fused-ring (bicyclic) bond motifs is 1. The first-order valence-corrected chi connectivity index (χ1v) is 6.71. The number of aryl methyl sites for hydroxylation is 1. The molecule has 0 aliphatic heterocycles. The van der Waals surface area contributed by atoms with Crippen LogP contribution in [-0.4, -0.2) is 9.97 Å². The van der Waals surface area contributed by atoms with E-state index < -0.39 is 0 Å². The van der Waals surface area contributed by atoms with Gasteiger partial charge in [-0.25, -0.2) is 9.97 Å². The number of aromatic nitrogens is 2. The molecule has 0 radical (unpaired) electrons. The van der Waals surface area contributed by atoms with Crippen LogP contribution in [0.25, 0.3) is 0 Å². The lowest BCUT2D eigenvalue weighted by Gasteiger charge is -2.16. The zero-order valence-electron chi connectivity index (χ0n) is 10.0. The van der Waals surface area contributed by atoms with E-state index in [1.54, 1.807) is 0 Å². The molecule has 0 saturated carbocycles. The molecule has 4 nitrogen and oxygen atoms in total. The lowest BCUT2D eigenvalue weighted by molar-refractivity contribution is 0.757. The Hall–Kier alpha value is -1.52. The minimum atomic E-state index is 0.180. The molecule has 1 aliphatic rings. The average Bonchev–Trinajstić information content (AvgIpc) is 2.77. The van der Waals surface area contributed by atoms with E-state index in [0.29, 0.717) is 10.8 Å². The highest BCUT2D eigenvalue weighted by atomic mass is 35.5. The quantitative estimate of drug-likeness (QED) is 0.890. The Morgan fingerprint density at radius 2 is 2.11 bits per heavy atom. The second-order valence-electron chi connectivity index (χ2n) is 4.50. The van der Waals surface area contributed by atoms with E-state index in [1.165, 1.54) is 17.5 Å². The summed E-state index contributed by atoms with van der Waals surface area (Å²) in [5.74, 6) is 0.857. The van der Waals surface area contributed by atoms with Gasteiger partial charge in [0.15, 0.2) is 5.82 Å². The number of anilines is 2. The second kappa shape index (κ2) is 4.87. The number of benzene rings is 1. The molecule has 3 N–H and O–H groups in total. The van der Waals surface area contributed by atoms with Crippen molar-refractivity contribution in [2.45, 2.75) is 18.9 Å². The Labute approximate surface area is 121 Å². The maximum Gasteiger partial charge on any atom is 0.150 e. The third-order valence-electron chi connectivity index (χ3n) is 3.31. The highest BCUT2D eigenvalue weighted by Crippen LogP contribution is 2.36. The molecule has 1 atom stereocenters. The maximum atomic E-state index is 6.09. The minimum absolute atomic E-state index is 0.180. The minimum Gasteiger partial charge on any atom is -0.382 e. The molecule has 3 rings (SSSR count). The van der Waals surface area contributed by atoms with Crippen LogP contribution in [0.15, 0.2) is 24.5 Å². The molecule has 1 aromatic carbocycles. The van der Waals surface area contributed by atoms with Crippen LogP contribution in [0.5, 0.6) is 0 Å². The monoisotopic (exact) mass is 294 g/mol. The molecule has 1 heterocycles. The van der Waals surface area contributed by atoms with E-state index in [2.05, 4.69) is 15.3 Å². The van der Waals surface area contributed by atoms with Gasteiger partial charge in [-0.2, -0.15) is 0 Å². The lowest BCUT2D eigenvalue weighted by Crippen LogP contribution is -2.10. The highest BCUT2D eigenvalue weighted by Gasteiger charge is 2.23. The molecule has 1 unspecified atom stereocenters. The molecular weight excluding hydrogens is 283 g/mol. The van der Waals surface area contributed by atoms with Crippen molar-refractivity contribution in [1.82, 2.24) is 9.97 Å². The molecule has 19 heavy (non-hydrogen) atoms. The van der Waals surface area contributed by atoms with Crippen LogP contribution in [0.4, 0.5) is 11.6 Å². The Kier molecular flexibility index (Phi) is 3.21. The van der Waals surface area contributed by atoms with Crippen LogP contribution >= 0.6 is 23.2 Å². The van der Waals surface area contributed by atoms with Crippen molar-refractivity contribution in [3.05, 3.63) is 45.7 Å². The number of nitrogens with two attached hydrogens (primary N) is 1. The summed E-state index contributed by atoms with van der Waals surface area (Å²) in [5, 5.41) is 4.45. The predicted molar refractivity (Wildman–Crippen MR) is 77.6 cm³/mol. The van der Waals surface area contributed by atoms with Gasteiger partial charge in [-0.3, -0.25) is 0 Å². The fourth-order valence-corrected chi connectivity index (χ4v) is 2.73.